The zero-order valence-electron chi connectivity index (χ0n) is 12.9. The highest BCUT2D eigenvalue weighted by Crippen LogP contribution is 2.28. The smallest absolute Gasteiger partial charge is 0.123 e. The summed E-state index contributed by atoms with van der Waals surface area (Å²) in [6.45, 7) is 0. The number of imidazole rings is 1. The van der Waals surface area contributed by atoms with Crippen LogP contribution in [0.5, 0.6) is 0 Å². The van der Waals surface area contributed by atoms with E-state index in [-0.39, 0.29) is 12.1 Å². The molecular weight excluding hydrogens is 318 g/mol. The topological polar surface area (TPSA) is 93.6 Å². The summed E-state index contributed by atoms with van der Waals surface area (Å²) < 4.78 is 0. The van der Waals surface area contributed by atoms with Crippen molar-refractivity contribution in [1.29, 1.82) is 0 Å². The molecule has 4 aromatic rings. The number of nitrogens with two attached hydrogens (primary N) is 2. The second kappa shape index (κ2) is 6.16. The van der Waals surface area contributed by atoms with Gasteiger partial charge in [-0.25, -0.2) is 9.97 Å². The van der Waals surface area contributed by atoms with Crippen LogP contribution in [0.2, 0.25) is 0 Å². The van der Waals surface area contributed by atoms with Crippen molar-refractivity contribution in [1.82, 2.24) is 15.0 Å². The molecule has 2 aromatic carbocycles. The van der Waals surface area contributed by atoms with Crippen LogP contribution in [0, 0.1) is 0 Å². The van der Waals surface area contributed by atoms with Crippen molar-refractivity contribution in [3.05, 3.63) is 71.5 Å². The third kappa shape index (κ3) is 2.71. The molecule has 0 spiro atoms. The van der Waals surface area contributed by atoms with Gasteiger partial charge in [0, 0.05) is 29.2 Å². The van der Waals surface area contributed by atoms with Gasteiger partial charge in [-0.3, -0.25) is 0 Å². The van der Waals surface area contributed by atoms with Gasteiger partial charge in [0.1, 0.15) is 5.01 Å². The molecule has 0 aliphatic heterocycles. The fourth-order valence-corrected chi connectivity index (χ4v) is 3.43. The first kappa shape index (κ1) is 15.0. The van der Waals surface area contributed by atoms with E-state index in [9.17, 15) is 0 Å². The number of fused-ring (bicyclic) bond motifs is 1. The lowest BCUT2D eigenvalue weighted by molar-refractivity contribution is 0.575. The van der Waals surface area contributed by atoms with Gasteiger partial charge in [0.15, 0.2) is 0 Å². The zero-order chi connectivity index (χ0) is 16.5. The molecule has 2 aromatic heterocycles. The minimum absolute atomic E-state index is 0.282. The van der Waals surface area contributed by atoms with Crippen LogP contribution in [0.25, 0.3) is 21.6 Å². The van der Waals surface area contributed by atoms with Crippen molar-refractivity contribution in [2.24, 2.45) is 11.5 Å². The number of nitrogens with one attached hydrogen (secondary N) is 1. The number of hydrogen-bond acceptors (Lipinski definition) is 5. The van der Waals surface area contributed by atoms with Gasteiger partial charge < -0.3 is 16.5 Å². The second-order valence-corrected chi connectivity index (χ2v) is 6.58. The predicted octanol–water partition coefficient (Wildman–Crippen LogP) is 3.39. The Morgan fingerprint density at radius 1 is 0.917 bits per heavy atom. The van der Waals surface area contributed by atoms with E-state index in [1.807, 2.05) is 47.8 Å². The van der Waals surface area contributed by atoms with Crippen molar-refractivity contribution in [2.75, 3.05) is 0 Å². The molecule has 5 N–H and O–H groups in total. The van der Waals surface area contributed by atoms with E-state index in [1.54, 1.807) is 23.9 Å². The average Bonchev–Trinajstić information content (AvgIpc) is 3.31. The van der Waals surface area contributed by atoms with Crippen LogP contribution in [0.3, 0.4) is 0 Å². The number of benzene rings is 2. The second-order valence-electron chi connectivity index (χ2n) is 5.69. The molecule has 6 heteroatoms. The summed E-state index contributed by atoms with van der Waals surface area (Å²) in [4.78, 5) is 11.6. The number of rotatable bonds is 4. The van der Waals surface area contributed by atoms with E-state index in [1.165, 1.54) is 0 Å². The number of H-pyrrole nitrogens is 1. The van der Waals surface area contributed by atoms with Crippen molar-refractivity contribution < 1.29 is 0 Å². The van der Waals surface area contributed by atoms with Gasteiger partial charge in [-0.2, -0.15) is 0 Å². The molecule has 0 aliphatic rings. The third-order valence-electron chi connectivity index (χ3n) is 4.19. The standard InChI is InChI=1S/C18H17N5S/c19-16(11-1-3-12(4-2-11)18-21-7-8-24-18)17(20)13-5-6-14-15(9-13)23-10-22-14/h1-10,16-17H,19-20H2,(H,22,23). The molecule has 2 unspecified atom stereocenters. The molecule has 24 heavy (non-hydrogen) atoms. The van der Waals surface area contributed by atoms with E-state index < -0.39 is 0 Å². The molecule has 4 rings (SSSR count). The molecule has 0 bridgehead atoms. The Balaban J connectivity index is 1.58. The van der Waals surface area contributed by atoms with E-state index in [0.717, 1.165) is 32.7 Å². The van der Waals surface area contributed by atoms with Crippen LogP contribution in [0.4, 0.5) is 0 Å². The molecule has 0 amide bonds. The van der Waals surface area contributed by atoms with E-state index in [2.05, 4.69) is 15.0 Å². The first-order valence-corrected chi connectivity index (χ1v) is 8.54. The summed E-state index contributed by atoms with van der Waals surface area (Å²) in [7, 11) is 0. The molecule has 0 saturated heterocycles. The van der Waals surface area contributed by atoms with E-state index in [0.29, 0.717) is 0 Å². The maximum atomic E-state index is 6.39. The lowest BCUT2D eigenvalue weighted by Gasteiger charge is -2.21. The van der Waals surface area contributed by atoms with Crippen LogP contribution in [-0.4, -0.2) is 15.0 Å². The Kier molecular flexibility index (Phi) is 3.86. The SMILES string of the molecule is NC(c1ccc(-c2nccs2)cc1)C(N)c1ccc2nc[nH]c2c1. The molecule has 0 aliphatic carbocycles. The summed E-state index contributed by atoms with van der Waals surface area (Å²) >= 11 is 1.62. The predicted molar refractivity (Wildman–Crippen MR) is 97.5 cm³/mol. The first-order chi connectivity index (χ1) is 11.7. The molecule has 0 saturated carbocycles. The lowest BCUT2D eigenvalue weighted by Crippen LogP contribution is -2.26. The summed E-state index contributed by atoms with van der Waals surface area (Å²) in [6, 6.07) is 13.5. The Labute approximate surface area is 143 Å². The summed E-state index contributed by atoms with van der Waals surface area (Å²) in [5.41, 5.74) is 17.8. The fraction of sp³-hybridized carbons (Fsp3) is 0.111. The number of nitrogens with zero attached hydrogens (tertiary/aromatic N) is 2. The van der Waals surface area contributed by atoms with Crippen molar-refractivity contribution in [2.45, 2.75) is 12.1 Å². The lowest BCUT2D eigenvalue weighted by atomic mass is 9.94. The van der Waals surface area contributed by atoms with Crippen molar-refractivity contribution >= 4 is 22.4 Å². The Morgan fingerprint density at radius 2 is 1.67 bits per heavy atom. The summed E-state index contributed by atoms with van der Waals surface area (Å²) in [6.07, 6.45) is 3.48. The van der Waals surface area contributed by atoms with Crippen LogP contribution in [0.15, 0.2) is 60.4 Å². The maximum Gasteiger partial charge on any atom is 0.123 e. The quantitative estimate of drug-likeness (QED) is 0.533. The largest absolute Gasteiger partial charge is 0.345 e. The highest BCUT2D eigenvalue weighted by atomic mass is 32.1. The van der Waals surface area contributed by atoms with Gasteiger partial charge in [0.25, 0.3) is 0 Å². The van der Waals surface area contributed by atoms with Gasteiger partial charge in [-0.1, -0.05) is 30.3 Å². The molecule has 0 fully saturated rings. The summed E-state index contributed by atoms with van der Waals surface area (Å²) in [5.74, 6) is 0. The van der Waals surface area contributed by atoms with E-state index >= 15 is 0 Å². The minimum Gasteiger partial charge on any atom is -0.345 e. The molecular formula is C18H17N5S. The fourth-order valence-electron chi connectivity index (χ4n) is 2.79. The van der Waals surface area contributed by atoms with Crippen LogP contribution in [0.1, 0.15) is 23.2 Å². The number of aromatic amines is 1. The van der Waals surface area contributed by atoms with Gasteiger partial charge in [-0.15, -0.1) is 11.3 Å². The molecule has 0 radical (unpaired) electrons. The highest BCUT2D eigenvalue weighted by molar-refractivity contribution is 7.13. The molecule has 2 heterocycles. The van der Waals surface area contributed by atoms with Gasteiger partial charge in [0.2, 0.25) is 0 Å². The van der Waals surface area contributed by atoms with Crippen molar-refractivity contribution in [3.8, 4) is 10.6 Å². The van der Waals surface area contributed by atoms with Crippen LogP contribution >= 0.6 is 11.3 Å². The summed E-state index contributed by atoms with van der Waals surface area (Å²) in [5, 5.41) is 2.97. The zero-order valence-corrected chi connectivity index (χ0v) is 13.7. The third-order valence-corrected chi connectivity index (χ3v) is 5.01. The monoisotopic (exact) mass is 335 g/mol. The number of hydrogen-bond donors (Lipinski definition) is 3. The normalized spacial score (nSPS) is 13.9. The first-order valence-electron chi connectivity index (χ1n) is 7.66. The van der Waals surface area contributed by atoms with Crippen LogP contribution in [-0.2, 0) is 0 Å². The molecule has 5 nitrogen and oxygen atoms in total. The van der Waals surface area contributed by atoms with Crippen LogP contribution < -0.4 is 11.5 Å². The maximum absolute atomic E-state index is 6.39. The average molecular weight is 335 g/mol. The van der Waals surface area contributed by atoms with Crippen molar-refractivity contribution in [3.63, 3.8) is 0 Å². The van der Waals surface area contributed by atoms with E-state index in [4.69, 9.17) is 11.5 Å². The van der Waals surface area contributed by atoms with Gasteiger partial charge in [0.05, 0.1) is 17.4 Å². The highest BCUT2D eigenvalue weighted by Gasteiger charge is 2.18. The molecule has 2 atom stereocenters. The van der Waals surface area contributed by atoms with Gasteiger partial charge in [-0.05, 0) is 23.3 Å². The Hall–Kier alpha value is -2.54. The number of thiazole rings is 1. The Bertz CT molecular complexity index is 943. The number of aromatic nitrogens is 3. The Morgan fingerprint density at radius 3 is 2.42 bits per heavy atom. The van der Waals surface area contributed by atoms with Gasteiger partial charge >= 0.3 is 0 Å². The minimum atomic E-state index is -0.289. The molecule has 120 valence electrons.